The summed E-state index contributed by atoms with van der Waals surface area (Å²) in [5.74, 6) is 0. The van der Waals surface area contributed by atoms with E-state index < -0.39 is 0 Å². The third-order valence-corrected chi connectivity index (χ3v) is 4.42. The van der Waals surface area contributed by atoms with Gasteiger partial charge in [-0.2, -0.15) is 5.10 Å². The Labute approximate surface area is 137 Å². The molecule has 2 fully saturated rings. The van der Waals surface area contributed by atoms with Gasteiger partial charge >= 0.3 is 0 Å². The Morgan fingerprint density at radius 2 is 1.96 bits per heavy atom. The van der Waals surface area contributed by atoms with Crippen LogP contribution in [0.1, 0.15) is 5.56 Å². The van der Waals surface area contributed by atoms with Crippen molar-refractivity contribution in [1.82, 2.24) is 19.6 Å². The fourth-order valence-electron chi connectivity index (χ4n) is 3.27. The quantitative estimate of drug-likeness (QED) is 0.767. The number of hydrogen-bond acceptors (Lipinski definition) is 6. The fourth-order valence-corrected chi connectivity index (χ4v) is 3.27. The summed E-state index contributed by atoms with van der Waals surface area (Å²) in [7, 11) is 0. The molecule has 2 atom stereocenters. The Morgan fingerprint density at radius 1 is 1.22 bits per heavy atom. The molecule has 2 aliphatic heterocycles. The molecule has 3 rings (SSSR count). The first-order valence-corrected chi connectivity index (χ1v) is 8.50. The number of aryl methyl sites for hydroxylation is 1. The zero-order valence-corrected chi connectivity index (χ0v) is 13.9. The highest BCUT2D eigenvalue weighted by Crippen LogP contribution is 2.09. The van der Waals surface area contributed by atoms with Gasteiger partial charge in [-0.05, 0) is 12.5 Å². The van der Waals surface area contributed by atoms with E-state index in [0.29, 0.717) is 6.54 Å². The summed E-state index contributed by atoms with van der Waals surface area (Å²) in [6.07, 6.45) is 3.72. The van der Waals surface area contributed by atoms with Crippen molar-refractivity contribution in [2.24, 2.45) is 0 Å². The van der Waals surface area contributed by atoms with Crippen LogP contribution in [-0.4, -0.2) is 96.0 Å². The Hall–Kier alpha value is -0.990. The summed E-state index contributed by atoms with van der Waals surface area (Å²) >= 11 is 0. The monoisotopic (exact) mass is 324 g/mol. The van der Waals surface area contributed by atoms with E-state index in [1.165, 1.54) is 5.56 Å². The van der Waals surface area contributed by atoms with E-state index in [2.05, 4.69) is 14.9 Å². The Kier molecular flexibility index (Phi) is 6.02. The summed E-state index contributed by atoms with van der Waals surface area (Å²) in [4.78, 5) is 4.58. The maximum absolute atomic E-state index is 10.4. The molecule has 2 aliphatic rings. The number of nitrogens with zero attached hydrogens (tertiary/aromatic N) is 4. The third-order valence-electron chi connectivity index (χ3n) is 4.42. The predicted molar refractivity (Wildman–Crippen MR) is 86.4 cm³/mol. The van der Waals surface area contributed by atoms with Gasteiger partial charge in [-0.1, -0.05) is 0 Å². The van der Waals surface area contributed by atoms with Gasteiger partial charge in [-0.25, -0.2) is 0 Å². The summed E-state index contributed by atoms with van der Waals surface area (Å²) in [6.45, 7) is 10.1. The van der Waals surface area contributed by atoms with E-state index in [0.717, 1.165) is 59.1 Å². The number of morpholine rings is 2. The molecule has 0 bridgehead atoms. The number of aliphatic hydroxyl groups is 1. The molecule has 23 heavy (non-hydrogen) atoms. The lowest BCUT2D eigenvalue weighted by atomic mass is 10.2. The van der Waals surface area contributed by atoms with E-state index >= 15 is 0 Å². The number of ether oxygens (including phenoxy) is 2. The van der Waals surface area contributed by atoms with Crippen LogP contribution in [0.3, 0.4) is 0 Å². The molecular formula is C16H28N4O3. The standard InChI is InChI=1S/C16H28N4O3/c1-14-8-17-20(9-14)13-16-12-19(4-7-23-16)11-15(21)10-18-2-5-22-6-3-18/h8-9,15-16,21H,2-7,10-13H2,1H3/t15-,16+/m0/s1. The van der Waals surface area contributed by atoms with Crippen molar-refractivity contribution in [2.45, 2.75) is 25.7 Å². The molecule has 1 N–H and O–H groups in total. The number of hydrogen-bond donors (Lipinski definition) is 1. The molecule has 0 radical (unpaired) electrons. The van der Waals surface area contributed by atoms with Gasteiger partial charge in [-0.3, -0.25) is 14.5 Å². The first-order valence-electron chi connectivity index (χ1n) is 8.50. The van der Waals surface area contributed by atoms with E-state index in [1.807, 2.05) is 24.0 Å². The van der Waals surface area contributed by atoms with Crippen molar-refractivity contribution in [3.8, 4) is 0 Å². The number of β-amino-alcohol motifs (C(OH)–C–C–N with tert-alkyl or cyclic N) is 1. The van der Waals surface area contributed by atoms with E-state index in [-0.39, 0.29) is 12.2 Å². The molecule has 0 aliphatic carbocycles. The van der Waals surface area contributed by atoms with Crippen LogP contribution in [-0.2, 0) is 16.0 Å². The molecule has 0 spiro atoms. The van der Waals surface area contributed by atoms with Crippen molar-refractivity contribution in [3.63, 3.8) is 0 Å². The van der Waals surface area contributed by atoms with Gasteiger partial charge in [0.15, 0.2) is 0 Å². The topological polar surface area (TPSA) is 63.0 Å². The molecule has 2 saturated heterocycles. The smallest absolute Gasteiger partial charge is 0.0898 e. The highest BCUT2D eigenvalue weighted by Gasteiger charge is 2.24. The van der Waals surface area contributed by atoms with Gasteiger partial charge in [0, 0.05) is 45.5 Å². The van der Waals surface area contributed by atoms with Crippen molar-refractivity contribution < 1.29 is 14.6 Å². The summed E-state index contributed by atoms with van der Waals surface area (Å²) in [5, 5.41) is 14.7. The van der Waals surface area contributed by atoms with Crippen LogP contribution < -0.4 is 0 Å². The maximum Gasteiger partial charge on any atom is 0.0898 e. The third kappa shape index (κ3) is 5.26. The molecule has 0 amide bonds. The van der Waals surface area contributed by atoms with Crippen LogP contribution >= 0.6 is 0 Å². The summed E-state index contributed by atoms with van der Waals surface area (Å²) in [5.41, 5.74) is 1.17. The Bertz CT molecular complexity index is 476. The minimum Gasteiger partial charge on any atom is -0.390 e. The van der Waals surface area contributed by atoms with Gasteiger partial charge in [-0.15, -0.1) is 0 Å². The Balaban J connectivity index is 1.42. The van der Waals surface area contributed by atoms with Crippen molar-refractivity contribution >= 4 is 0 Å². The molecule has 0 aromatic carbocycles. The molecule has 130 valence electrons. The second-order valence-corrected chi connectivity index (χ2v) is 6.56. The van der Waals surface area contributed by atoms with Crippen LogP contribution in [0.15, 0.2) is 12.4 Å². The SMILES string of the molecule is Cc1cnn(C[C@H]2CN(C[C@@H](O)CN3CCOCC3)CCO2)c1. The van der Waals surface area contributed by atoms with Crippen molar-refractivity contribution in [2.75, 3.05) is 59.1 Å². The average Bonchev–Trinajstić information content (AvgIpc) is 2.93. The highest BCUT2D eigenvalue weighted by atomic mass is 16.5. The number of aliphatic hydroxyl groups excluding tert-OH is 1. The Morgan fingerprint density at radius 3 is 2.70 bits per heavy atom. The molecule has 0 unspecified atom stereocenters. The first-order chi connectivity index (χ1) is 11.2. The van der Waals surface area contributed by atoms with Gasteiger partial charge < -0.3 is 14.6 Å². The normalized spacial score (nSPS) is 25.6. The first kappa shape index (κ1) is 16.9. The van der Waals surface area contributed by atoms with Crippen LogP contribution in [0.5, 0.6) is 0 Å². The largest absolute Gasteiger partial charge is 0.390 e. The van der Waals surface area contributed by atoms with E-state index in [4.69, 9.17) is 9.47 Å². The van der Waals surface area contributed by atoms with Crippen LogP contribution in [0, 0.1) is 6.92 Å². The number of rotatable bonds is 6. The molecule has 0 saturated carbocycles. The lowest BCUT2D eigenvalue weighted by Gasteiger charge is -2.35. The molecule has 7 nitrogen and oxygen atoms in total. The lowest BCUT2D eigenvalue weighted by Crippen LogP contribution is -2.49. The zero-order chi connectivity index (χ0) is 16.1. The van der Waals surface area contributed by atoms with Crippen LogP contribution in [0.2, 0.25) is 0 Å². The van der Waals surface area contributed by atoms with Crippen molar-refractivity contribution in [1.29, 1.82) is 0 Å². The minimum absolute atomic E-state index is 0.138. The minimum atomic E-state index is -0.321. The van der Waals surface area contributed by atoms with Crippen LogP contribution in [0.25, 0.3) is 0 Å². The second kappa shape index (κ2) is 8.21. The fraction of sp³-hybridized carbons (Fsp3) is 0.812. The molecule has 1 aromatic rings. The predicted octanol–water partition coefficient (Wildman–Crippen LogP) is -0.415. The van der Waals surface area contributed by atoms with E-state index in [1.54, 1.807) is 0 Å². The van der Waals surface area contributed by atoms with Gasteiger partial charge in [0.1, 0.15) is 0 Å². The average molecular weight is 324 g/mol. The highest BCUT2D eigenvalue weighted by molar-refractivity contribution is 4.99. The summed E-state index contributed by atoms with van der Waals surface area (Å²) < 4.78 is 13.1. The van der Waals surface area contributed by atoms with Gasteiger partial charge in [0.25, 0.3) is 0 Å². The summed E-state index contributed by atoms with van der Waals surface area (Å²) in [6, 6.07) is 0. The molecular weight excluding hydrogens is 296 g/mol. The lowest BCUT2D eigenvalue weighted by molar-refractivity contribution is -0.0538. The van der Waals surface area contributed by atoms with Crippen molar-refractivity contribution in [3.05, 3.63) is 18.0 Å². The molecule has 7 heteroatoms. The maximum atomic E-state index is 10.4. The van der Waals surface area contributed by atoms with Gasteiger partial charge in [0.2, 0.25) is 0 Å². The van der Waals surface area contributed by atoms with Crippen LogP contribution in [0.4, 0.5) is 0 Å². The molecule has 1 aromatic heterocycles. The number of aromatic nitrogens is 2. The van der Waals surface area contributed by atoms with E-state index in [9.17, 15) is 5.11 Å². The second-order valence-electron chi connectivity index (χ2n) is 6.56. The molecule has 3 heterocycles. The van der Waals surface area contributed by atoms with Gasteiger partial charge in [0.05, 0.1) is 44.8 Å². The zero-order valence-electron chi connectivity index (χ0n) is 13.9.